The summed E-state index contributed by atoms with van der Waals surface area (Å²) in [7, 11) is 1.62. The number of urea groups is 1. The number of benzene rings is 1. The summed E-state index contributed by atoms with van der Waals surface area (Å²) in [5, 5.41) is 4.37. The van der Waals surface area contributed by atoms with E-state index in [2.05, 4.69) is 17.2 Å². The summed E-state index contributed by atoms with van der Waals surface area (Å²) in [6.07, 6.45) is 9.47. The highest BCUT2D eigenvalue weighted by Crippen LogP contribution is 2.35. The van der Waals surface area contributed by atoms with Gasteiger partial charge in [-0.3, -0.25) is 9.69 Å². The van der Waals surface area contributed by atoms with Gasteiger partial charge in [0.2, 0.25) is 5.91 Å². The largest absolute Gasteiger partial charge is 0.493 e. The van der Waals surface area contributed by atoms with Crippen LogP contribution in [0.1, 0.15) is 57.9 Å². The number of ether oxygens (including phenoxy) is 2. The molecule has 2 aromatic heterocycles. The van der Waals surface area contributed by atoms with Gasteiger partial charge in [-0.2, -0.15) is 0 Å². The zero-order chi connectivity index (χ0) is 28.3. The van der Waals surface area contributed by atoms with Gasteiger partial charge >= 0.3 is 6.03 Å². The molecule has 1 saturated carbocycles. The predicted molar refractivity (Wildman–Crippen MR) is 156 cm³/mol. The number of nitrogens with zero attached hydrogens (tertiary/aromatic N) is 4. The first-order valence-corrected chi connectivity index (χ1v) is 14.5. The number of pyridine rings is 1. The smallest absolute Gasteiger partial charge is 0.324 e. The molecule has 0 atom stereocenters. The minimum Gasteiger partial charge on any atom is -0.493 e. The number of carbonyl (C=O) groups is 2. The van der Waals surface area contributed by atoms with E-state index in [0.29, 0.717) is 48.4 Å². The minimum atomic E-state index is -0.0885. The van der Waals surface area contributed by atoms with Crippen molar-refractivity contribution in [3.05, 3.63) is 47.2 Å². The van der Waals surface area contributed by atoms with Gasteiger partial charge in [-0.25, -0.2) is 9.78 Å². The fraction of sp³-hybridized carbons (Fsp3) is 0.500. The Balaban J connectivity index is 1.32. The van der Waals surface area contributed by atoms with Crippen molar-refractivity contribution in [2.24, 2.45) is 0 Å². The molecular weight excluding hydrogens is 530 g/mol. The van der Waals surface area contributed by atoms with E-state index >= 15 is 0 Å². The normalized spacial score (nSPS) is 16.4. The topological polar surface area (TPSA) is 88.9 Å². The zero-order valence-electron chi connectivity index (χ0n) is 23.5. The number of amides is 3. The highest BCUT2D eigenvalue weighted by atomic mass is 35.5. The minimum absolute atomic E-state index is 0.0594. The van der Waals surface area contributed by atoms with Crippen LogP contribution in [0.4, 0.5) is 10.5 Å². The van der Waals surface area contributed by atoms with Crippen molar-refractivity contribution in [1.82, 2.24) is 19.8 Å². The molecule has 214 valence electrons. The molecular formula is C30H38ClN5O4. The van der Waals surface area contributed by atoms with Crippen molar-refractivity contribution < 1.29 is 19.1 Å². The van der Waals surface area contributed by atoms with E-state index in [1.165, 1.54) is 0 Å². The summed E-state index contributed by atoms with van der Waals surface area (Å²) in [5.74, 6) is 1.24. The molecule has 1 aromatic carbocycles. The van der Waals surface area contributed by atoms with Crippen molar-refractivity contribution in [1.29, 1.82) is 0 Å². The molecule has 3 amide bonds. The second-order valence-electron chi connectivity index (χ2n) is 11.0. The number of rotatable bonds is 12. The summed E-state index contributed by atoms with van der Waals surface area (Å²) < 4.78 is 13.3. The lowest BCUT2D eigenvalue weighted by Gasteiger charge is -2.36. The second kappa shape index (κ2) is 12.0. The molecule has 1 N–H and O–H groups in total. The molecule has 9 nitrogen and oxygen atoms in total. The van der Waals surface area contributed by atoms with E-state index < -0.39 is 0 Å². The van der Waals surface area contributed by atoms with E-state index in [0.717, 1.165) is 55.2 Å². The second-order valence-corrected chi connectivity index (χ2v) is 11.4. The lowest BCUT2D eigenvalue weighted by Crippen LogP contribution is -2.49. The van der Waals surface area contributed by atoms with Gasteiger partial charge in [0.15, 0.2) is 11.5 Å². The summed E-state index contributed by atoms with van der Waals surface area (Å²) in [6.45, 7) is 6.60. The molecule has 0 radical (unpaired) electrons. The third-order valence-electron chi connectivity index (χ3n) is 7.69. The standard InChI is InChI=1S/C30H38ClN5O4/c1-4-5-6-16-40-25-17-22(8-9-24(25)39-3)36-15-7-14-34(29(36)38)18-21-10-13-32-28-27(21)23(31)19-35(28)20-26(37)33-30(2)11-12-30/h8-10,13,17,19H,4-7,11-12,14-16,18,20H2,1-3H3,(H,33,37). The number of hydrogen-bond acceptors (Lipinski definition) is 5. The highest BCUT2D eigenvalue weighted by Gasteiger charge is 2.38. The monoisotopic (exact) mass is 567 g/mol. The lowest BCUT2D eigenvalue weighted by molar-refractivity contribution is -0.122. The van der Waals surface area contributed by atoms with Gasteiger partial charge in [-0.05, 0) is 56.4 Å². The fourth-order valence-corrected chi connectivity index (χ4v) is 5.50. The van der Waals surface area contributed by atoms with Gasteiger partial charge in [0.05, 0.1) is 18.7 Å². The first-order chi connectivity index (χ1) is 19.3. The number of hydrogen-bond donors (Lipinski definition) is 1. The Morgan fingerprint density at radius 2 is 2.00 bits per heavy atom. The maximum atomic E-state index is 13.7. The van der Waals surface area contributed by atoms with Crippen LogP contribution in [-0.2, 0) is 17.9 Å². The van der Waals surface area contributed by atoms with Crippen LogP contribution in [0.2, 0.25) is 5.02 Å². The van der Waals surface area contributed by atoms with E-state index in [1.807, 2.05) is 36.1 Å². The SMILES string of the molecule is CCCCCOc1cc(N2CCCN(Cc3ccnc4c3c(Cl)cn4CC(=O)NC3(C)CC3)C2=O)ccc1OC. The third kappa shape index (κ3) is 6.14. The van der Waals surface area contributed by atoms with Gasteiger partial charge < -0.3 is 24.3 Å². The highest BCUT2D eigenvalue weighted by molar-refractivity contribution is 6.35. The predicted octanol–water partition coefficient (Wildman–Crippen LogP) is 5.77. The Kier molecular flexibility index (Phi) is 8.40. The number of fused-ring (bicyclic) bond motifs is 1. The van der Waals surface area contributed by atoms with Crippen LogP contribution in [0.5, 0.6) is 11.5 Å². The number of nitrogens with one attached hydrogen (secondary N) is 1. The molecule has 0 unspecified atom stereocenters. The Morgan fingerprint density at radius 1 is 1.18 bits per heavy atom. The molecule has 2 aliphatic rings. The van der Waals surface area contributed by atoms with E-state index in [9.17, 15) is 9.59 Å². The summed E-state index contributed by atoms with van der Waals surface area (Å²) in [4.78, 5) is 34.4. The molecule has 1 aliphatic carbocycles. The average molecular weight is 568 g/mol. The lowest BCUT2D eigenvalue weighted by atomic mass is 10.1. The number of anilines is 1. The van der Waals surface area contributed by atoms with Crippen molar-refractivity contribution in [2.75, 3.05) is 31.7 Å². The van der Waals surface area contributed by atoms with Crippen molar-refractivity contribution in [3.63, 3.8) is 0 Å². The molecule has 1 aliphatic heterocycles. The van der Waals surface area contributed by atoms with E-state index in [-0.39, 0.29) is 24.0 Å². The number of halogens is 1. The number of aromatic nitrogens is 2. The Hall–Kier alpha value is -3.46. The molecule has 10 heteroatoms. The number of unbranched alkanes of at least 4 members (excludes halogenated alkanes) is 2. The molecule has 3 aromatic rings. The van der Waals surface area contributed by atoms with Gasteiger partial charge in [-0.15, -0.1) is 0 Å². The molecule has 2 fully saturated rings. The molecule has 3 heterocycles. The van der Waals surface area contributed by atoms with Crippen LogP contribution in [0.25, 0.3) is 11.0 Å². The van der Waals surface area contributed by atoms with Gasteiger partial charge in [-0.1, -0.05) is 31.4 Å². The maximum absolute atomic E-state index is 13.7. The van der Waals surface area contributed by atoms with Crippen LogP contribution < -0.4 is 19.7 Å². The fourth-order valence-electron chi connectivity index (χ4n) is 5.18. The molecule has 0 bridgehead atoms. The van der Waals surface area contributed by atoms with Crippen LogP contribution >= 0.6 is 11.6 Å². The number of methoxy groups -OCH3 is 1. The Labute approximate surface area is 240 Å². The van der Waals surface area contributed by atoms with Crippen molar-refractivity contribution in [2.45, 2.75) is 71.0 Å². The average Bonchev–Trinajstić information content (AvgIpc) is 3.58. The quantitative estimate of drug-likeness (QED) is 0.281. The van der Waals surface area contributed by atoms with Crippen LogP contribution in [0.3, 0.4) is 0 Å². The summed E-state index contributed by atoms with van der Waals surface area (Å²) in [6, 6.07) is 7.46. The molecule has 5 rings (SSSR count). The van der Waals surface area contributed by atoms with E-state index in [4.69, 9.17) is 21.1 Å². The molecule has 40 heavy (non-hydrogen) atoms. The van der Waals surface area contributed by atoms with Gasteiger partial charge in [0.25, 0.3) is 0 Å². The van der Waals surface area contributed by atoms with E-state index in [1.54, 1.807) is 29.0 Å². The van der Waals surface area contributed by atoms with Gasteiger partial charge in [0.1, 0.15) is 12.2 Å². The van der Waals surface area contributed by atoms with Crippen LogP contribution in [0, 0.1) is 0 Å². The molecule has 1 saturated heterocycles. The van der Waals surface area contributed by atoms with Crippen molar-refractivity contribution in [3.8, 4) is 11.5 Å². The van der Waals surface area contributed by atoms with Gasteiger partial charge in [0, 0.05) is 54.7 Å². The number of carbonyl (C=O) groups excluding carboxylic acids is 2. The first-order valence-electron chi connectivity index (χ1n) is 14.1. The Morgan fingerprint density at radius 3 is 2.75 bits per heavy atom. The third-order valence-corrected chi connectivity index (χ3v) is 7.98. The maximum Gasteiger partial charge on any atom is 0.324 e. The zero-order valence-corrected chi connectivity index (χ0v) is 24.3. The first kappa shape index (κ1) is 28.1. The van der Waals surface area contributed by atoms with Crippen LogP contribution in [0.15, 0.2) is 36.7 Å². The van der Waals surface area contributed by atoms with Crippen molar-refractivity contribution >= 4 is 40.3 Å². The summed E-state index contributed by atoms with van der Waals surface area (Å²) in [5.41, 5.74) is 2.22. The molecule has 0 spiro atoms. The Bertz CT molecular complexity index is 1390. The summed E-state index contributed by atoms with van der Waals surface area (Å²) >= 11 is 6.67. The van der Waals surface area contributed by atoms with Crippen LogP contribution in [-0.4, -0.2) is 58.7 Å².